The second-order valence-corrected chi connectivity index (χ2v) is 7.30. The maximum atomic E-state index is 13.0. The number of nitrogens with zero attached hydrogens (tertiary/aromatic N) is 3. The number of piperidine rings is 1. The standard InChI is InChI=1S/C19H27N3O2/c23-19(22-10-5-18-15(13-22)3-1-8-20-18)16-4-2-9-21(14-16)17-6-11-24-12-7-17/h1,3,8,16-17H,2,4-7,9-14H2/t16-/m1/s1. The zero-order valence-electron chi connectivity index (χ0n) is 14.3. The van der Waals surface area contributed by atoms with E-state index >= 15 is 0 Å². The molecular formula is C19H27N3O2. The largest absolute Gasteiger partial charge is 0.381 e. The van der Waals surface area contributed by atoms with Gasteiger partial charge in [0.2, 0.25) is 5.91 Å². The third-order valence-electron chi connectivity index (χ3n) is 5.79. The van der Waals surface area contributed by atoms with Gasteiger partial charge in [0.05, 0.1) is 5.92 Å². The monoisotopic (exact) mass is 329 g/mol. The number of hydrogen-bond acceptors (Lipinski definition) is 4. The fourth-order valence-corrected chi connectivity index (χ4v) is 4.40. The van der Waals surface area contributed by atoms with E-state index in [0.717, 1.165) is 77.2 Å². The van der Waals surface area contributed by atoms with Crippen LogP contribution in [0.2, 0.25) is 0 Å². The van der Waals surface area contributed by atoms with Gasteiger partial charge in [0, 0.05) is 57.2 Å². The van der Waals surface area contributed by atoms with Crippen LogP contribution in [0.4, 0.5) is 0 Å². The molecular weight excluding hydrogens is 302 g/mol. The quantitative estimate of drug-likeness (QED) is 0.831. The first-order valence-electron chi connectivity index (χ1n) is 9.34. The number of amides is 1. The third-order valence-corrected chi connectivity index (χ3v) is 5.79. The van der Waals surface area contributed by atoms with Crippen molar-refractivity contribution in [3.8, 4) is 0 Å². The topological polar surface area (TPSA) is 45.7 Å². The average Bonchev–Trinajstić information content (AvgIpc) is 2.68. The van der Waals surface area contributed by atoms with E-state index in [1.54, 1.807) is 0 Å². The first kappa shape index (κ1) is 16.0. The molecule has 3 aliphatic heterocycles. The molecule has 0 aromatic carbocycles. The molecule has 130 valence electrons. The van der Waals surface area contributed by atoms with E-state index in [9.17, 15) is 4.79 Å². The summed E-state index contributed by atoms with van der Waals surface area (Å²) in [6.07, 6.45) is 7.14. The third kappa shape index (κ3) is 3.33. The second kappa shape index (κ2) is 7.19. The van der Waals surface area contributed by atoms with Crippen LogP contribution in [-0.4, -0.2) is 59.6 Å². The number of aromatic nitrogens is 1. The minimum Gasteiger partial charge on any atom is -0.381 e. The van der Waals surface area contributed by atoms with Gasteiger partial charge in [-0.15, -0.1) is 0 Å². The number of pyridine rings is 1. The van der Waals surface area contributed by atoms with E-state index in [-0.39, 0.29) is 5.92 Å². The van der Waals surface area contributed by atoms with E-state index in [1.165, 1.54) is 5.56 Å². The van der Waals surface area contributed by atoms with Crippen LogP contribution in [0.15, 0.2) is 18.3 Å². The van der Waals surface area contributed by atoms with Gasteiger partial charge in [0.1, 0.15) is 0 Å². The van der Waals surface area contributed by atoms with Crippen LogP contribution in [0.1, 0.15) is 36.9 Å². The van der Waals surface area contributed by atoms with Crippen LogP contribution >= 0.6 is 0 Å². The van der Waals surface area contributed by atoms with Gasteiger partial charge in [-0.1, -0.05) is 6.07 Å². The summed E-state index contributed by atoms with van der Waals surface area (Å²) in [6.45, 7) is 5.36. The van der Waals surface area contributed by atoms with Crippen LogP contribution in [0.25, 0.3) is 0 Å². The molecule has 1 amide bonds. The number of hydrogen-bond donors (Lipinski definition) is 0. The van der Waals surface area contributed by atoms with Crippen LogP contribution < -0.4 is 0 Å². The van der Waals surface area contributed by atoms with Crippen LogP contribution in [0.5, 0.6) is 0 Å². The first-order valence-corrected chi connectivity index (χ1v) is 9.34. The van der Waals surface area contributed by atoms with Crippen molar-refractivity contribution in [2.45, 2.75) is 44.7 Å². The Kier molecular flexibility index (Phi) is 4.81. The van der Waals surface area contributed by atoms with Crippen LogP contribution in [0, 0.1) is 5.92 Å². The Hall–Kier alpha value is -1.46. The van der Waals surface area contributed by atoms with E-state index in [2.05, 4.69) is 20.9 Å². The molecule has 3 aliphatic rings. The molecule has 4 rings (SSSR count). The lowest BCUT2D eigenvalue weighted by molar-refractivity contribution is -0.139. The molecule has 0 bridgehead atoms. The Labute approximate surface area is 144 Å². The number of rotatable bonds is 2. The van der Waals surface area contributed by atoms with Crippen molar-refractivity contribution in [1.82, 2.24) is 14.8 Å². The molecule has 0 radical (unpaired) electrons. The summed E-state index contributed by atoms with van der Waals surface area (Å²) < 4.78 is 5.49. The van der Waals surface area contributed by atoms with Crippen LogP contribution in [-0.2, 0) is 22.5 Å². The summed E-state index contributed by atoms with van der Waals surface area (Å²) >= 11 is 0. The van der Waals surface area contributed by atoms with Gasteiger partial charge in [-0.3, -0.25) is 14.7 Å². The summed E-state index contributed by atoms with van der Waals surface area (Å²) in [6, 6.07) is 4.69. The maximum Gasteiger partial charge on any atom is 0.227 e. The Bertz CT molecular complexity index is 586. The minimum atomic E-state index is 0.166. The van der Waals surface area contributed by atoms with Crippen molar-refractivity contribution < 1.29 is 9.53 Å². The van der Waals surface area contributed by atoms with Crippen LogP contribution in [0.3, 0.4) is 0 Å². The van der Waals surface area contributed by atoms with Crippen molar-refractivity contribution in [1.29, 1.82) is 0 Å². The van der Waals surface area contributed by atoms with E-state index in [0.29, 0.717) is 11.9 Å². The highest BCUT2D eigenvalue weighted by molar-refractivity contribution is 5.79. The lowest BCUT2D eigenvalue weighted by Crippen LogP contribution is -2.50. The predicted octanol–water partition coefficient (Wildman–Crippen LogP) is 1.86. The van der Waals surface area contributed by atoms with Gasteiger partial charge in [0.25, 0.3) is 0 Å². The fourth-order valence-electron chi connectivity index (χ4n) is 4.40. The zero-order chi connectivity index (χ0) is 16.4. The van der Waals surface area contributed by atoms with Gasteiger partial charge in [-0.2, -0.15) is 0 Å². The molecule has 1 aromatic heterocycles. The highest BCUT2D eigenvalue weighted by Crippen LogP contribution is 2.26. The van der Waals surface area contributed by atoms with E-state index in [1.807, 2.05) is 12.3 Å². The van der Waals surface area contributed by atoms with Crippen molar-refractivity contribution in [3.05, 3.63) is 29.6 Å². The Morgan fingerprint density at radius 1 is 1.21 bits per heavy atom. The molecule has 1 atom stereocenters. The molecule has 0 aliphatic carbocycles. The van der Waals surface area contributed by atoms with E-state index in [4.69, 9.17) is 4.74 Å². The van der Waals surface area contributed by atoms with Crippen molar-refractivity contribution in [2.75, 3.05) is 32.8 Å². The number of likely N-dealkylation sites (tertiary alicyclic amines) is 1. The lowest BCUT2D eigenvalue weighted by atomic mass is 9.92. The minimum absolute atomic E-state index is 0.166. The molecule has 0 N–H and O–H groups in total. The smallest absolute Gasteiger partial charge is 0.227 e. The fraction of sp³-hybridized carbons (Fsp3) is 0.684. The molecule has 5 nitrogen and oxygen atoms in total. The molecule has 5 heteroatoms. The highest BCUT2D eigenvalue weighted by atomic mass is 16.5. The van der Waals surface area contributed by atoms with Crippen molar-refractivity contribution >= 4 is 5.91 Å². The Morgan fingerprint density at radius 2 is 2.08 bits per heavy atom. The number of ether oxygens (including phenoxy) is 1. The maximum absolute atomic E-state index is 13.0. The molecule has 2 fully saturated rings. The summed E-state index contributed by atoms with van der Waals surface area (Å²) in [4.78, 5) is 22.1. The predicted molar refractivity (Wildman–Crippen MR) is 91.5 cm³/mol. The van der Waals surface area contributed by atoms with Gasteiger partial charge in [-0.05, 0) is 43.9 Å². The highest BCUT2D eigenvalue weighted by Gasteiger charge is 2.33. The van der Waals surface area contributed by atoms with E-state index < -0.39 is 0 Å². The summed E-state index contributed by atoms with van der Waals surface area (Å²) in [5, 5.41) is 0. The van der Waals surface area contributed by atoms with Crippen molar-refractivity contribution in [3.63, 3.8) is 0 Å². The number of fused-ring (bicyclic) bond motifs is 1. The van der Waals surface area contributed by atoms with Gasteiger partial charge in [0.15, 0.2) is 0 Å². The summed E-state index contributed by atoms with van der Waals surface area (Å²) in [7, 11) is 0. The second-order valence-electron chi connectivity index (χ2n) is 7.30. The molecule has 0 spiro atoms. The van der Waals surface area contributed by atoms with Gasteiger partial charge in [-0.25, -0.2) is 0 Å². The molecule has 0 saturated carbocycles. The molecule has 1 aromatic rings. The molecule has 24 heavy (non-hydrogen) atoms. The molecule has 2 saturated heterocycles. The Balaban J connectivity index is 1.39. The summed E-state index contributed by atoms with van der Waals surface area (Å²) in [5.74, 6) is 0.515. The Morgan fingerprint density at radius 3 is 2.96 bits per heavy atom. The molecule has 4 heterocycles. The summed E-state index contributed by atoms with van der Waals surface area (Å²) in [5.41, 5.74) is 2.38. The zero-order valence-corrected chi connectivity index (χ0v) is 14.3. The van der Waals surface area contributed by atoms with Gasteiger partial charge >= 0.3 is 0 Å². The van der Waals surface area contributed by atoms with Crippen molar-refractivity contribution in [2.24, 2.45) is 5.92 Å². The number of carbonyl (C=O) groups excluding carboxylic acids is 1. The lowest BCUT2D eigenvalue weighted by Gasteiger charge is -2.41. The average molecular weight is 329 g/mol. The normalized spacial score (nSPS) is 26.2. The SMILES string of the molecule is O=C([C@@H]1CCCN(C2CCOCC2)C1)N1CCc2ncccc2C1. The van der Waals surface area contributed by atoms with Gasteiger partial charge < -0.3 is 9.64 Å². The number of carbonyl (C=O) groups is 1. The first-order chi connectivity index (χ1) is 11.8. The molecule has 0 unspecified atom stereocenters.